The second-order valence-electron chi connectivity index (χ2n) is 2.59. The van der Waals surface area contributed by atoms with Crippen LogP contribution in [0.15, 0.2) is 0 Å². The van der Waals surface area contributed by atoms with Crippen LogP contribution in [0, 0.1) is 0 Å². The summed E-state index contributed by atoms with van der Waals surface area (Å²) in [6.45, 7) is 5.82. The third-order valence-electron chi connectivity index (χ3n) is 1.12. The van der Waals surface area contributed by atoms with Gasteiger partial charge in [-0.3, -0.25) is 4.79 Å². The summed E-state index contributed by atoms with van der Waals surface area (Å²) in [5.74, 6) is 0.0285. The van der Waals surface area contributed by atoms with Crippen molar-refractivity contribution in [3.63, 3.8) is 0 Å². The fraction of sp³-hybridized carbons (Fsp3) is 0.857. The van der Waals surface area contributed by atoms with Crippen molar-refractivity contribution < 1.29 is 4.79 Å². The molecule has 0 saturated carbocycles. The van der Waals surface area contributed by atoms with Crippen molar-refractivity contribution in [1.82, 2.24) is 5.32 Å². The van der Waals surface area contributed by atoms with Crippen LogP contribution >= 0.6 is 12.6 Å². The van der Waals surface area contributed by atoms with Crippen molar-refractivity contribution in [2.75, 3.05) is 0 Å². The SMILES string of the molecule is CCC(S)C(=O)NC(C)C. The molecular weight excluding hydrogens is 146 g/mol. The Morgan fingerprint density at radius 2 is 2.10 bits per heavy atom. The van der Waals surface area contributed by atoms with Crippen molar-refractivity contribution in [2.45, 2.75) is 38.5 Å². The molecule has 1 unspecified atom stereocenters. The first kappa shape index (κ1) is 9.82. The number of rotatable bonds is 3. The van der Waals surface area contributed by atoms with Gasteiger partial charge in [-0.05, 0) is 20.3 Å². The number of carbonyl (C=O) groups excluding carboxylic acids is 1. The molecule has 0 saturated heterocycles. The Morgan fingerprint density at radius 1 is 1.60 bits per heavy atom. The summed E-state index contributed by atoms with van der Waals surface area (Å²) in [6, 6.07) is 0.216. The largest absolute Gasteiger partial charge is 0.353 e. The van der Waals surface area contributed by atoms with E-state index in [1.54, 1.807) is 0 Å². The fourth-order valence-electron chi connectivity index (χ4n) is 0.566. The molecule has 0 aliphatic heterocycles. The molecule has 0 aromatic carbocycles. The van der Waals surface area contributed by atoms with Crippen molar-refractivity contribution in [1.29, 1.82) is 0 Å². The number of carbonyl (C=O) groups is 1. The minimum Gasteiger partial charge on any atom is -0.353 e. The van der Waals surface area contributed by atoms with Gasteiger partial charge in [-0.1, -0.05) is 6.92 Å². The molecule has 1 N–H and O–H groups in total. The van der Waals surface area contributed by atoms with Crippen LogP contribution in [-0.4, -0.2) is 17.2 Å². The lowest BCUT2D eigenvalue weighted by molar-refractivity contribution is -0.121. The van der Waals surface area contributed by atoms with Gasteiger partial charge < -0.3 is 5.32 Å². The van der Waals surface area contributed by atoms with Gasteiger partial charge in [-0.2, -0.15) is 12.6 Å². The number of thiol groups is 1. The van der Waals surface area contributed by atoms with Crippen LogP contribution in [0.5, 0.6) is 0 Å². The zero-order valence-corrected chi connectivity index (χ0v) is 7.61. The molecule has 10 heavy (non-hydrogen) atoms. The van der Waals surface area contributed by atoms with E-state index in [4.69, 9.17) is 0 Å². The summed E-state index contributed by atoms with van der Waals surface area (Å²) in [5.41, 5.74) is 0. The Kier molecular flexibility index (Phi) is 4.52. The first-order chi connectivity index (χ1) is 4.57. The zero-order chi connectivity index (χ0) is 8.15. The summed E-state index contributed by atoms with van der Waals surface area (Å²) in [6.07, 6.45) is 0.779. The van der Waals surface area contributed by atoms with Crippen LogP contribution in [0.2, 0.25) is 0 Å². The standard InChI is InChI=1S/C7H15NOS/c1-4-6(10)7(9)8-5(2)3/h5-6,10H,4H2,1-3H3,(H,8,9). The van der Waals surface area contributed by atoms with Crippen molar-refractivity contribution in [3.05, 3.63) is 0 Å². The first-order valence-electron chi connectivity index (χ1n) is 3.56. The van der Waals surface area contributed by atoms with Gasteiger partial charge in [-0.15, -0.1) is 0 Å². The molecule has 3 heteroatoms. The summed E-state index contributed by atoms with van der Waals surface area (Å²) in [5, 5.41) is 2.63. The Labute approximate surface area is 67.8 Å². The lowest BCUT2D eigenvalue weighted by atomic mass is 10.3. The Morgan fingerprint density at radius 3 is 2.40 bits per heavy atom. The van der Waals surface area contributed by atoms with E-state index < -0.39 is 0 Å². The highest BCUT2D eigenvalue weighted by molar-refractivity contribution is 7.81. The minimum absolute atomic E-state index is 0.0285. The molecule has 0 spiro atoms. The van der Waals surface area contributed by atoms with Crippen molar-refractivity contribution in [3.8, 4) is 0 Å². The molecule has 0 heterocycles. The Hall–Kier alpha value is -0.180. The van der Waals surface area contributed by atoms with E-state index in [1.165, 1.54) is 0 Å². The van der Waals surface area contributed by atoms with E-state index in [-0.39, 0.29) is 17.2 Å². The predicted octanol–water partition coefficient (Wildman–Crippen LogP) is 1.22. The molecule has 0 aliphatic carbocycles. The van der Waals surface area contributed by atoms with Gasteiger partial charge in [0, 0.05) is 6.04 Å². The normalized spacial score (nSPS) is 13.3. The maximum atomic E-state index is 11.0. The van der Waals surface area contributed by atoms with E-state index in [2.05, 4.69) is 17.9 Å². The van der Waals surface area contributed by atoms with Gasteiger partial charge in [0.15, 0.2) is 0 Å². The monoisotopic (exact) mass is 161 g/mol. The highest BCUT2D eigenvalue weighted by Crippen LogP contribution is 1.99. The lowest BCUT2D eigenvalue weighted by Gasteiger charge is -2.11. The predicted molar refractivity (Wildman–Crippen MR) is 46.3 cm³/mol. The summed E-state index contributed by atoms with van der Waals surface area (Å²) >= 11 is 4.09. The van der Waals surface area contributed by atoms with Gasteiger partial charge in [0.25, 0.3) is 0 Å². The number of hydrogen-bond donors (Lipinski definition) is 2. The molecule has 0 rings (SSSR count). The fourth-order valence-corrected chi connectivity index (χ4v) is 0.641. The van der Waals surface area contributed by atoms with Gasteiger partial charge in [0.05, 0.1) is 5.25 Å². The second kappa shape index (κ2) is 4.61. The van der Waals surface area contributed by atoms with Crippen LogP contribution < -0.4 is 5.32 Å². The van der Waals surface area contributed by atoms with Crippen LogP contribution in [0.1, 0.15) is 27.2 Å². The van der Waals surface area contributed by atoms with E-state index in [0.717, 1.165) is 6.42 Å². The van der Waals surface area contributed by atoms with E-state index in [0.29, 0.717) is 0 Å². The van der Waals surface area contributed by atoms with E-state index >= 15 is 0 Å². The molecule has 0 fully saturated rings. The molecule has 0 aliphatic rings. The summed E-state index contributed by atoms with van der Waals surface area (Å²) in [4.78, 5) is 11.0. The van der Waals surface area contributed by atoms with Gasteiger partial charge in [0.1, 0.15) is 0 Å². The highest BCUT2D eigenvalue weighted by Gasteiger charge is 2.10. The molecule has 60 valence electrons. The molecule has 0 aromatic rings. The van der Waals surface area contributed by atoms with Crippen LogP contribution in [-0.2, 0) is 4.79 Å². The maximum Gasteiger partial charge on any atom is 0.233 e. The number of hydrogen-bond acceptors (Lipinski definition) is 2. The molecule has 0 radical (unpaired) electrons. The minimum atomic E-state index is -0.151. The third kappa shape index (κ3) is 3.77. The quantitative estimate of drug-likeness (QED) is 0.599. The van der Waals surface area contributed by atoms with Crippen molar-refractivity contribution >= 4 is 18.5 Å². The average molecular weight is 161 g/mol. The third-order valence-corrected chi connectivity index (χ3v) is 1.72. The second-order valence-corrected chi connectivity index (χ2v) is 3.21. The first-order valence-corrected chi connectivity index (χ1v) is 4.08. The summed E-state index contributed by atoms with van der Waals surface area (Å²) < 4.78 is 0. The number of nitrogens with one attached hydrogen (secondary N) is 1. The average Bonchev–Trinajstić information content (AvgIpc) is 1.85. The molecule has 1 atom stereocenters. The Balaban J connectivity index is 3.62. The zero-order valence-electron chi connectivity index (χ0n) is 6.72. The lowest BCUT2D eigenvalue weighted by Crippen LogP contribution is -2.35. The molecule has 0 bridgehead atoms. The van der Waals surface area contributed by atoms with Crippen molar-refractivity contribution in [2.24, 2.45) is 0 Å². The van der Waals surface area contributed by atoms with Crippen LogP contribution in [0.25, 0.3) is 0 Å². The van der Waals surface area contributed by atoms with Crippen LogP contribution in [0.3, 0.4) is 0 Å². The maximum absolute atomic E-state index is 11.0. The van der Waals surface area contributed by atoms with Gasteiger partial charge in [-0.25, -0.2) is 0 Å². The molecular formula is C7H15NOS. The Bertz CT molecular complexity index is 114. The van der Waals surface area contributed by atoms with Gasteiger partial charge in [0.2, 0.25) is 5.91 Å². The molecule has 2 nitrogen and oxygen atoms in total. The molecule has 1 amide bonds. The smallest absolute Gasteiger partial charge is 0.233 e. The van der Waals surface area contributed by atoms with Crippen LogP contribution in [0.4, 0.5) is 0 Å². The highest BCUT2D eigenvalue weighted by atomic mass is 32.1. The number of amides is 1. The van der Waals surface area contributed by atoms with Gasteiger partial charge >= 0.3 is 0 Å². The van der Waals surface area contributed by atoms with E-state index in [9.17, 15) is 4.79 Å². The molecule has 0 aromatic heterocycles. The summed E-state index contributed by atoms with van der Waals surface area (Å²) in [7, 11) is 0. The van der Waals surface area contributed by atoms with E-state index in [1.807, 2.05) is 20.8 Å². The topological polar surface area (TPSA) is 29.1 Å².